The number of rotatable bonds is 3. The maximum absolute atomic E-state index is 12.4. The normalized spacial score (nSPS) is 10.5. The van der Waals surface area contributed by atoms with Crippen molar-refractivity contribution in [2.45, 2.75) is 6.54 Å². The summed E-state index contributed by atoms with van der Waals surface area (Å²) in [6.07, 6.45) is 1.36. The van der Waals surface area contributed by atoms with Crippen LogP contribution in [-0.2, 0) is 6.54 Å². The van der Waals surface area contributed by atoms with Crippen molar-refractivity contribution in [1.82, 2.24) is 9.88 Å². The number of nitrogens with two attached hydrogens (primary N) is 1. The van der Waals surface area contributed by atoms with Crippen molar-refractivity contribution >= 4 is 46.4 Å². The van der Waals surface area contributed by atoms with Crippen LogP contribution in [0.5, 0.6) is 0 Å². The van der Waals surface area contributed by atoms with Gasteiger partial charge < -0.3 is 10.6 Å². The summed E-state index contributed by atoms with van der Waals surface area (Å²) in [5.74, 6) is -0.247. The van der Waals surface area contributed by atoms with Crippen LogP contribution in [0.2, 0.25) is 15.2 Å². The van der Waals surface area contributed by atoms with Gasteiger partial charge in [0.15, 0.2) is 0 Å². The molecule has 0 saturated carbocycles. The molecule has 0 aliphatic carbocycles. The number of aromatic nitrogens is 1. The van der Waals surface area contributed by atoms with E-state index in [4.69, 9.17) is 40.5 Å². The Bertz CT molecular complexity index is 691. The third-order valence-electron chi connectivity index (χ3n) is 2.88. The van der Waals surface area contributed by atoms with Crippen molar-refractivity contribution in [1.29, 1.82) is 0 Å². The molecule has 110 valence electrons. The molecule has 1 aromatic heterocycles. The second-order valence-corrected chi connectivity index (χ2v) is 5.71. The van der Waals surface area contributed by atoms with E-state index in [0.717, 1.165) is 5.56 Å². The average molecular weight is 345 g/mol. The minimum Gasteiger partial charge on any atom is -0.397 e. The molecular formula is C14H12Cl3N3O. The molecule has 0 bridgehead atoms. The van der Waals surface area contributed by atoms with E-state index in [9.17, 15) is 4.79 Å². The lowest BCUT2D eigenvalue weighted by atomic mass is 10.1. The fourth-order valence-electron chi connectivity index (χ4n) is 1.81. The first-order chi connectivity index (χ1) is 9.88. The highest BCUT2D eigenvalue weighted by atomic mass is 35.5. The van der Waals surface area contributed by atoms with Gasteiger partial charge in [0.05, 0.1) is 27.5 Å². The summed E-state index contributed by atoms with van der Waals surface area (Å²) in [6, 6.07) is 6.66. The van der Waals surface area contributed by atoms with Crippen molar-refractivity contribution in [2.24, 2.45) is 0 Å². The zero-order chi connectivity index (χ0) is 15.6. The van der Waals surface area contributed by atoms with Crippen LogP contribution in [0.1, 0.15) is 15.9 Å². The number of carbonyl (C=O) groups is 1. The molecule has 0 aliphatic heterocycles. The van der Waals surface area contributed by atoms with Gasteiger partial charge in [-0.25, -0.2) is 4.98 Å². The fraction of sp³-hybridized carbons (Fsp3) is 0.143. The number of hydrogen-bond acceptors (Lipinski definition) is 3. The van der Waals surface area contributed by atoms with Crippen LogP contribution in [0.15, 0.2) is 30.5 Å². The van der Waals surface area contributed by atoms with Crippen molar-refractivity contribution < 1.29 is 4.79 Å². The molecule has 2 aromatic rings. The van der Waals surface area contributed by atoms with Gasteiger partial charge in [-0.05, 0) is 23.8 Å². The lowest BCUT2D eigenvalue weighted by molar-refractivity contribution is 0.0786. The number of anilines is 1. The second-order valence-electron chi connectivity index (χ2n) is 4.50. The molecule has 1 heterocycles. The number of amides is 1. The molecule has 0 aliphatic rings. The van der Waals surface area contributed by atoms with E-state index >= 15 is 0 Å². The first kappa shape index (κ1) is 15.9. The SMILES string of the molecule is CN(Cc1ccc(Cl)c(Cl)c1)C(=O)c1cc(Cl)ncc1N. The lowest BCUT2D eigenvalue weighted by Crippen LogP contribution is -2.27. The van der Waals surface area contributed by atoms with Crippen LogP contribution in [-0.4, -0.2) is 22.8 Å². The molecule has 21 heavy (non-hydrogen) atoms. The number of nitrogen functional groups attached to an aromatic ring is 1. The maximum Gasteiger partial charge on any atom is 0.256 e. The van der Waals surface area contributed by atoms with E-state index in [1.54, 1.807) is 25.2 Å². The smallest absolute Gasteiger partial charge is 0.256 e. The van der Waals surface area contributed by atoms with Crippen LogP contribution >= 0.6 is 34.8 Å². The van der Waals surface area contributed by atoms with Gasteiger partial charge >= 0.3 is 0 Å². The zero-order valence-corrected chi connectivity index (χ0v) is 13.4. The summed E-state index contributed by atoms with van der Waals surface area (Å²) in [4.78, 5) is 17.7. The van der Waals surface area contributed by atoms with Crippen molar-refractivity contribution in [2.75, 3.05) is 12.8 Å². The number of pyridine rings is 1. The van der Waals surface area contributed by atoms with E-state index in [1.165, 1.54) is 17.2 Å². The van der Waals surface area contributed by atoms with Gasteiger partial charge in [-0.3, -0.25) is 4.79 Å². The van der Waals surface area contributed by atoms with Crippen LogP contribution in [0.25, 0.3) is 0 Å². The Labute approximate surface area is 137 Å². The molecule has 1 amide bonds. The number of benzene rings is 1. The lowest BCUT2D eigenvalue weighted by Gasteiger charge is -2.18. The van der Waals surface area contributed by atoms with E-state index in [1.807, 2.05) is 0 Å². The van der Waals surface area contributed by atoms with E-state index in [2.05, 4.69) is 4.98 Å². The third-order valence-corrected chi connectivity index (χ3v) is 3.83. The van der Waals surface area contributed by atoms with Crippen molar-refractivity contribution in [3.63, 3.8) is 0 Å². The summed E-state index contributed by atoms with van der Waals surface area (Å²) in [6.45, 7) is 0.370. The highest BCUT2D eigenvalue weighted by molar-refractivity contribution is 6.42. The zero-order valence-electron chi connectivity index (χ0n) is 11.1. The molecule has 1 aromatic carbocycles. The highest BCUT2D eigenvalue weighted by Gasteiger charge is 2.16. The Morgan fingerprint density at radius 1 is 1.24 bits per heavy atom. The quantitative estimate of drug-likeness (QED) is 0.859. The molecule has 2 N–H and O–H groups in total. The molecule has 0 saturated heterocycles. The first-order valence-electron chi connectivity index (χ1n) is 5.99. The minimum atomic E-state index is -0.247. The third kappa shape index (κ3) is 3.79. The largest absolute Gasteiger partial charge is 0.397 e. The number of carbonyl (C=O) groups excluding carboxylic acids is 1. The highest BCUT2D eigenvalue weighted by Crippen LogP contribution is 2.24. The Balaban J connectivity index is 2.19. The molecule has 4 nitrogen and oxygen atoms in total. The molecule has 2 rings (SSSR count). The van der Waals surface area contributed by atoms with Gasteiger partial charge in [0.1, 0.15) is 5.15 Å². The Morgan fingerprint density at radius 3 is 2.62 bits per heavy atom. The Kier molecular flexibility index (Phi) is 4.93. The van der Waals surface area contributed by atoms with E-state index < -0.39 is 0 Å². The summed E-state index contributed by atoms with van der Waals surface area (Å²) in [5, 5.41) is 1.14. The Hall–Kier alpha value is -1.49. The van der Waals surface area contributed by atoms with Gasteiger partial charge in [0, 0.05) is 13.6 Å². The summed E-state index contributed by atoms with van der Waals surface area (Å²) in [7, 11) is 1.67. The summed E-state index contributed by atoms with van der Waals surface area (Å²) in [5.41, 5.74) is 7.22. The maximum atomic E-state index is 12.4. The molecule has 0 radical (unpaired) electrons. The minimum absolute atomic E-state index is 0.218. The summed E-state index contributed by atoms with van der Waals surface area (Å²) >= 11 is 17.6. The number of hydrogen-bond donors (Lipinski definition) is 1. The molecule has 0 fully saturated rings. The van der Waals surface area contributed by atoms with Gasteiger partial charge in [-0.2, -0.15) is 0 Å². The van der Waals surface area contributed by atoms with Crippen LogP contribution in [0.3, 0.4) is 0 Å². The first-order valence-corrected chi connectivity index (χ1v) is 7.12. The average Bonchev–Trinajstić information content (AvgIpc) is 2.44. The van der Waals surface area contributed by atoms with E-state index in [-0.39, 0.29) is 16.7 Å². The van der Waals surface area contributed by atoms with Crippen LogP contribution in [0.4, 0.5) is 5.69 Å². The van der Waals surface area contributed by atoms with Gasteiger partial charge in [-0.1, -0.05) is 40.9 Å². The van der Waals surface area contributed by atoms with E-state index in [0.29, 0.717) is 22.2 Å². The predicted octanol–water partition coefficient (Wildman–Crippen LogP) is 3.90. The Morgan fingerprint density at radius 2 is 1.95 bits per heavy atom. The van der Waals surface area contributed by atoms with Crippen molar-refractivity contribution in [3.8, 4) is 0 Å². The molecule has 0 atom stereocenters. The van der Waals surface area contributed by atoms with Gasteiger partial charge in [0.2, 0.25) is 0 Å². The predicted molar refractivity (Wildman–Crippen MR) is 85.9 cm³/mol. The van der Waals surface area contributed by atoms with Crippen LogP contribution < -0.4 is 5.73 Å². The molecule has 0 unspecified atom stereocenters. The molecular weight excluding hydrogens is 333 g/mol. The number of nitrogens with zero attached hydrogens (tertiary/aromatic N) is 2. The second kappa shape index (κ2) is 6.52. The van der Waals surface area contributed by atoms with Crippen molar-refractivity contribution in [3.05, 3.63) is 56.8 Å². The molecule has 7 heteroatoms. The molecule has 0 spiro atoms. The fourth-order valence-corrected chi connectivity index (χ4v) is 2.29. The monoisotopic (exact) mass is 343 g/mol. The van der Waals surface area contributed by atoms with Gasteiger partial charge in [-0.15, -0.1) is 0 Å². The standard InChI is InChI=1S/C14H12Cl3N3O/c1-20(7-8-2-3-10(15)11(16)4-8)14(21)9-5-13(17)19-6-12(9)18/h2-6H,7,18H2,1H3. The van der Waals surface area contributed by atoms with Crippen LogP contribution in [0, 0.1) is 0 Å². The summed E-state index contributed by atoms with van der Waals surface area (Å²) < 4.78 is 0. The van der Waals surface area contributed by atoms with Gasteiger partial charge in [0.25, 0.3) is 5.91 Å². The topological polar surface area (TPSA) is 59.2 Å². The number of halogens is 3.